The lowest BCUT2D eigenvalue weighted by Gasteiger charge is -2.25. The van der Waals surface area contributed by atoms with Gasteiger partial charge in [0, 0.05) is 11.6 Å². The Morgan fingerprint density at radius 3 is 2.25 bits per heavy atom. The van der Waals surface area contributed by atoms with Crippen LogP contribution in [-0.4, -0.2) is 55.5 Å². The van der Waals surface area contributed by atoms with Crippen molar-refractivity contribution in [1.82, 2.24) is 5.43 Å². The maximum atomic E-state index is 13.5. The number of para-hydroxylation sites is 1. The topological polar surface area (TPSA) is 116 Å². The molecular formula is C25H27N3O7S. The molecule has 190 valence electrons. The standard InChI is InChI=1S/C25H27N3O7S/c1-32-19-13-14-21(23(15-19)34-3)28(36(30,31)20-10-6-5-7-11-20)17-24(29)27-26-16-18-9-8-12-22(33-2)25(18)35-4/h5-16H,17H2,1-4H3,(H,27,29)/b26-16-. The van der Waals surface area contributed by atoms with E-state index in [1.54, 1.807) is 42.5 Å². The molecule has 0 fully saturated rings. The Balaban J connectivity index is 1.92. The summed E-state index contributed by atoms with van der Waals surface area (Å²) in [6.45, 7) is -0.563. The normalized spacial score (nSPS) is 11.1. The van der Waals surface area contributed by atoms with Crippen LogP contribution >= 0.6 is 0 Å². The summed E-state index contributed by atoms with van der Waals surface area (Å²) in [5.41, 5.74) is 3.09. The molecule has 3 rings (SSSR count). The van der Waals surface area contributed by atoms with Crippen LogP contribution in [0.1, 0.15) is 5.56 Å². The number of hydrazone groups is 1. The molecule has 3 aromatic carbocycles. The van der Waals surface area contributed by atoms with Gasteiger partial charge in [-0.3, -0.25) is 9.10 Å². The van der Waals surface area contributed by atoms with Gasteiger partial charge in [-0.1, -0.05) is 24.3 Å². The Kier molecular flexibility index (Phi) is 8.74. The third-order valence-electron chi connectivity index (χ3n) is 5.10. The largest absolute Gasteiger partial charge is 0.497 e. The van der Waals surface area contributed by atoms with Crippen molar-refractivity contribution in [1.29, 1.82) is 0 Å². The number of carbonyl (C=O) groups excluding carboxylic acids is 1. The third kappa shape index (κ3) is 5.87. The molecule has 0 heterocycles. The average Bonchev–Trinajstić information content (AvgIpc) is 2.91. The number of nitrogens with one attached hydrogen (secondary N) is 1. The molecule has 3 aromatic rings. The molecule has 0 bridgehead atoms. The lowest BCUT2D eigenvalue weighted by molar-refractivity contribution is -0.119. The Bertz CT molecular complexity index is 1330. The second-order valence-electron chi connectivity index (χ2n) is 7.24. The molecule has 0 radical (unpaired) electrons. The number of benzene rings is 3. The van der Waals surface area contributed by atoms with Gasteiger partial charge < -0.3 is 18.9 Å². The van der Waals surface area contributed by atoms with E-state index in [1.807, 2.05) is 0 Å². The van der Waals surface area contributed by atoms with Crippen molar-refractivity contribution in [2.24, 2.45) is 5.10 Å². The Labute approximate surface area is 210 Å². The zero-order chi connectivity index (χ0) is 26.1. The highest BCUT2D eigenvalue weighted by atomic mass is 32.2. The van der Waals surface area contributed by atoms with Crippen LogP contribution in [0, 0.1) is 0 Å². The smallest absolute Gasteiger partial charge is 0.264 e. The fraction of sp³-hybridized carbons (Fsp3) is 0.200. The van der Waals surface area contributed by atoms with Crippen molar-refractivity contribution in [2.45, 2.75) is 4.90 Å². The minimum absolute atomic E-state index is 0.0142. The summed E-state index contributed by atoms with van der Waals surface area (Å²) >= 11 is 0. The number of hydrogen-bond acceptors (Lipinski definition) is 8. The van der Waals surface area contributed by atoms with Crippen LogP contribution in [0.5, 0.6) is 23.0 Å². The van der Waals surface area contributed by atoms with Crippen molar-refractivity contribution < 1.29 is 32.2 Å². The molecule has 1 N–H and O–H groups in total. The van der Waals surface area contributed by atoms with E-state index in [-0.39, 0.29) is 16.3 Å². The van der Waals surface area contributed by atoms with Gasteiger partial charge in [0.1, 0.15) is 18.0 Å². The van der Waals surface area contributed by atoms with E-state index in [9.17, 15) is 13.2 Å². The Morgan fingerprint density at radius 2 is 1.61 bits per heavy atom. The van der Waals surface area contributed by atoms with E-state index < -0.39 is 22.5 Å². The van der Waals surface area contributed by atoms with Crippen LogP contribution in [0.25, 0.3) is 0 Å². The number of carbonyl (C=O) groups is 1. The van der Waals surface area contributed by atoms with Crippen molar-refractivity contribution in [3.05, 3.63) is 72.3 Å². The van der Waals surface area contributed by atoms with Gasteiger partial charge in [0.05, 0.1) is 45.2 Å². The van der Waals surface area contributed by atoms with Crippen LogP contribution in [0.2, 0.25) is 0 Å². The van der Waals surface area contributed by atoms with Crippen molar-refractivity contribution >= 4 is 27.8 Å². The lowest BCUT2D eigenvalue weighted by atomic mass is 10.2. The minimum atomic E-state index is -4.13. The molecule has 36 heavy (non-hydrogen) atoms. The summed E-state index contributed by atoms with van der Waals surface area (Å²) in [5, 5.41) is 3.96. The summed E-state index contributed by atoms with van der Waals surface area (Å²) in [6, 6.07) is 17.6. The van der Waals surface area contributed by atoms with Crippen molar-refractivity contribution in [3.63, 3.8) is 0 Å². The number of nitrogens with zero attached hydrogens (tertiary/aromatic N) is 2. The molecule has 0 aliphatic carbocycles. The first-order valence-corrected chi connectivity index (χ1v) is 12.1. The quantitative estimate of drug-likeness (QED) is 0.309. The molecular weight excluding hydrogens is 486 g/mol. The number of methoxy groups -OCH3 is 4. The summed E-state index contributed by atoms with van der Waals surface area (Å²) < 4.78 is 49.2. The number of amides is 1. The number of anilines is 1. The lowest BCUT2D eigenvalue weighted by Crippen LogP contribution is -2.39. The molecule has 0 spiro atoms. The predicted molar refractivity (Wildman–Crippen MR) is 136 cm³/mol. The first kappa shape index (κ1) is 26.4. The molecule has 0 saturated carbocycles. The van der Waals surface area contributed by atoms with Gasteiger partial charge in [-0.2, -0.15) is 5.10 Å². The minimum Gasteiger partial charge on any atom is -0.497 e. The predicted octanol–water partition coefficient (Wildman–Crippen LogP) is 3.07. The number of ether oxygens (including phenoxy) is 4. The highest BCUT2D eigenvalue weighted by Gasteiger charge is 2.29. The maximum absolute atomic E-state index is 13.5. The third-order valence-corrected chi connectivity index (χ3v) is 6.87. The maximum Gasteiger partial charge on any atom is 0.264 e. The monoisotopic (exact) mass is 513 g/mol. The molecule has 10 nitrogen and oxygen atoms in total. The van der Waals surface area contributed by atoms with Gasteiger partial charge in [-0.05, 0) is 36.4 Å². The second-order valence-corrected chi connectivity index (χ2v) is 9.10. The van der Waals surface area contributed by atoms with Crippen LogP contribution in [0.4, 0.5) is 5.69 Å². The molecule has 0 aliphatic rings. The highest BCUT2D eigenvalue weighted by molar-refractivity contribution is 7.92. The van der Waals surface area contributed by atoms with Crippen LogP contribution in [-0.2, 0) is 14.8 Å². The van der Waals surface area contributed by atoms with Crippen LogP contribution in [0.15, 0.2) is 76.7 Å². The summed E-state index contributed by atoms with van der Waals surface area (Å²) in [6.07, 6.45) is 1.38. The fourth-order valence-corrected chi connectivity index (χ4v) is 4.82. The van der Waals surface area contributed by atoms with Gasteiger partial charge in [-0.25, -0.2) is 13.8 Å². The van der Waals surface area contributed by atoms with Crippen molar-refractivity contribution in [3.8, 4) is 23.0 Å². The van der Waals surface area contributed by atoms with E-state index in [0.29, 0.717) is 22.8 Å². The first-order valence-electron chi connectivity index (χ1n) is 10.7. The zero-order valence-electron chi connectivity index (χ0n) is 20.3. The zero-order valence-corrected chi connectivity index (χ0v) is 21.1. The van der Waals surface area contributed by atoms with E-state index >= 15 is 0 Å². The Hall–Kier alpha value is -4.25. The Morgan fingerprint density at radius 1 is 0.889 bits per heavy atom. The summed E-state index contributed by atoms with van der Waals surface area (Å²) in [7, 11) is 1.75. The van der Waals surface area contributed by atoms with Crippen molar-refractivity contribution in [2.75, 3.05) is 39.3 Å². The van der Waals surface area contributed by atoms with Gasteiger partial charge in [0.15, 0.2) is 11.5 Å². The molecule has 0 unspecified atom stereocenters. The van der Waals surface area contributed by atoms with Gasteiger partial charge in [-0.15, -0.1) is 0 Å². The van der Waals surface area contributed by atoms with E-state index in [0.717, 1.165) is 4.31 Å². The van der Waals surface area contributed by atoms with Crippen LogP contribution < -0.4 is 28.7 Å². The molecule has 1 amide bonds. The fourth-order valence-electron chi connectivity index (χ4n) is 3.36. The molecule has 0 aliphatic heterocycles. The highest BCUT2D eigenvalue weighted by Crippen LogP contribution is 2.35. The number of sulfonamides is 1. The number of hydrogen-bond donors (Lipinski definition) is 1. The molecule has 11 heteroatoms. The molecule has 0 saturated heterocycles. The SMILES string of the molecule is COc1ccc(N(CC(=O)N/N=C\c2cccc(OC)c2OC)S(=O)(=O)c2ccccc2)c(OC)c1. The first-order chi connectivity index (χ1) is 17.3. The van der Waals surface area contributed by atoms with Gasteiger partial charge in [0.2, 0.25) is 0 Å². The number of rotatable bonds is 11. The second kappa shape index (κ2) is 11.9. The summed E-state index contributed by atoms with van der Waals surface area (Å²) in [4.78, 5) is 12.9. The van der Waals surface area contributed by atoms with E-state index in [4.69, 9.17) is 18.9 Å². The van der Waals surface area contributed by atoms with Gasteiger partial charge in [0.25, 0.3) is 15.9 Å². The summed E-state index contributed by atoms with van der Waals surface area (Å²) in [5.74, 6) is 0.944. The molecule has 0 atom stereocenters. The van der Waals surface area contributed by atoms with Crippen LogP contribution in [0.3, 0.4) is 0 Å². The van der Waals surface area contributed by atoms with E-state index in [2.05, 4.69) is 10.5 Å². The average molecular weight is 514 g/mol. The van der Waals surface area contributed by atoms with Gasteiger partial charge >= 0.3 is 0 Å². The van der Waals surface area contributed by atoms with E-state index in [1.165, 1.54) is 58.9 Å². The molecule has 0 aromatic heterocycles.